The van der Waals surface area contributed by atoms with Crippen molar-refractivity contribution in [1.29, 1.82) is 0 Å². The molecule has 12 heteroatoms. The Balaban J connectivity index is 1.58. The average molecular weight is 537 g/mol. The first kappa shape index (κ1) is 26.3. The lowest BCUT2D eigenvalue weighted by Gasteiger charge is -2.15. The van der Waals surface area contributed by atoms with Crippen molar-refractivity contribution in [3.8, 4) is 17.1 Å². The normalized spacial score (nSPS) is 12.0. The second kappa shape index (κ2) is 10.3. The molecule has 0 saturated carbocycles. The number of halogens is 6. The lowest BCUT2D eigenvalue weighted by Crippen LogP contribution is -2.17. The highest BCUT2D eigenvalue weighted by molar-refractivity contribution is 7.99. The minimum atomic E-state index is -5.02. The van der Waals surface area contributed by atoms with E-state index in [-0.39, 0.29) is 11.8 Å². The Labute approximate surface area is 211 Å². The van der Waals surface area contributed by atoms with Crippen LogP contribution in [-0.2, 0) is 17.1 Å². The molecule has 4 aromatic rings. The van der Waals surface area contributed by atoms with Gasteiger partial charge in [0, 0.05) is 16.9 Å². The zero-order valence-electron chi connectivity index (χ0n) is 19.1. The summed E-state index contributed by atoms with van der Waals surface area (Å²) in [7, 11) is 0. The lowest BCUT2D eigenvalue weighted by molar-refractivity contribution is -0.143. The third-order valence-electron chi connectivity index (χ3n) is 5.16. The van der Waals surface area contributed by atoms with Gasteiger partial charge in [0.2, 0.25) is 5.91 Å². The number of amides is 1. The maximum absolute atomic E-state index is 13.1. The number of alkyl halides is 6. The van der Waals surface area contributed by atoms with Crippen molar-refractivity contribution in [3.63, 3.8) is 0 Å². The van der Waals surface area contributed by atoms with Gasteiger partial charge in [-0.15, -0.1) is 10.2 Å². The maximum atomic E-state index is 13.1. The summed E-state index contributed by atoms with van der Waals surface area (Å²) < 4.78 is 80.4. The van der Waals surface area contributed by atoms with Gasteiger partial charge in [-0.3, -0.25) is 9.36 Å². The number of benzene rings is 3. The van der Waals surface area contributed by atoms with Crippen molar-refractivity contribution in [2.75, 3.05) is 11.1 Å². The molecule has 0 unspecified atom stereocenters. The van der Waals surface area contributed by atoms with Crippen LogP contribution in [0.4, 0.5) is 32.0 Å². The number of thioether (sulfide) groups is 1. The molecule has 1 N–H and O–H groups in total. The van der Waals surface area contributed by atoms with Crippen LogP contribution in [0.1, 0.15) is 16.7 Å². The molecule has 0 spiro atoms. The van der Waals surface area contributed by atoms with Crippen molar-refractivity contribution in [1.82, 2.24) is 14.8 Å². The van der Waals surface area contributed by atoms with Gasteiger partial charge in [0.1, 0.15) is 0 Å². The summed E-state index contributed by atoms with van der Waals surface area (Å²) in [4.78, 5) is 12.5. The predicted molar refractivity (Wildman–Crippen MR) is 127 cm³/mol. The van der Waals surface area contributed by atoms with E-state index in [4.69, 9.17) is 0 Å². The standard InChI is InChI=1S/C25H18F6N4OS/c1-15-7-9-16(10-8-15)22-33-34-23(35(22)20-5-3-2-4-6-20)37-14-21(36)32-19-12-17(24(26,27)28)11-18(13-19)25(29,30)31/h2-13H,14H2,1H3,(H,32,36). The lowest BCUT2D eigenvalue weighted by atomic mass is 10.1. The first-order valence-corrected chi connectivity index (χ1v) is 11.7. The number of rotatable bonds is 6. The van der Waals surface area contributed by atoms with E-state index in [1.165, 1.54) is 0 Å². The predicted octanol–water partition coefficient (Wildman–Crippen LogP) is 7.01. The number of aromatic nitrogens is 3. The molecule has 1 heterocycles. The van der Waals surface area contributed by atoms with Gasteiger partial charge in [0.25, 0.3) is 0 Å². The Hall–Kier alpha value is -3.80. The molecule has 0 bridgehead atoms. The first-order valence-electron chi connectivity index (χ1n) is 10.7. The molecule has 0 aliphatic carbocycles. The molecular formula is C25H18F6N4OS. The summed E-state index contributed by atoms with van der Waals surface area (Å²) in [5.74, 6) is -0.644. The number of carbonyl (C=O) groups excluding carboxylic acids is 1. The largest absolute Gasteiger partial charge is 0.416 e. The molecule has 192 valence electrons. The molecule has 0 aliphatic rings. The number of aryl methyl sites for hydroxylation is 1. The topological polar surface area (TPSA) is 59.8 Å². The summed E-state index contributed by atoms with van der Waals surface area (Å²) in [6.07, 6.45) is -10.0. The molecule has 0 fully saturated rings. The quantitative estimate of drug-likeness (QED) is 0.213. The molecule has 3 aromatic carbocycles. The summed E-state index contributed by atoms with van der Waals surface area (Å²) in [5, 5.41) is 10.8. The Morgan fingerprint density at radius 2 is 1.46 bits per heavy atom. The highest BCUT2D eigenvalue weighted by atomic mass is 32.2. The van der Waals surface area contributed by atoms with Crippen LogP contribution in [0, 0.1) is 6.92 Å². The maximum Gasteiger partial charge on any atom is 0.416 e. The van der Waals surface area contributed by atoms with E-state index in [1.54, 1.807) is 16.7 Å². The van der Waals surface area contributed by atoms with E-state index < -0.39 is 35.1 Å². The van der Waals surface area contributed by atoms with Gasteiger partial charge in [-0.05, 0) is 37.3 Å². The van der Waals surface area contributed by atoms with Crippen molar-refractivity contribution in [3.05, 3.63) is 89.5 Å². The van der Waals surface area contributed by atoms with E-state index in [1.807, 2.05) is 49.4 Å². The number of hydrogen-bond acceptors (Lipinski definition) is 4. The van der Waals surface area contributed by atoms with Crippen LogP contribution in [0.2, 0.25) is 0 Å². The second-order valence-corrected chi connectivity index (χ2v) is 8.92. The molecule has 0 aliphatic heterocycles. The van der Waals surface area contributed by atoms with Gasteiger partial charge in [-0.2, -0.15) is 26.3 Å². The molecule has 1 aromatic heterocycles. The zero-order chi connectivity index (χ0) is 26.8. The Morgan fingerprint density at radius 3 is 2.03 bits per heavy atom. The minimum absolute atomic E-state index is 0.000650. The fourth-order valence-corrected chi connectivity index (χ4v) is 4.17. The average Bonchev–Trinajstić information content (AvgIpc) is 3.26. The SMILES string of the molecule is Cc1ccc(-c2nnc(SCC(=O)Nc3cc(C(F)(F)F)cc(C(F)(F)F)c3)n2-c2ccccc2)cc1. The molecule has 37 heavy (non-hydrogen) atoms. The van der Waals surface area contributed by atoms with Crippen molar-refractivity contribution in [2.45, 2.75) is 24.4 Å². The fourth-order valence-electron chi connectivity index (χ4n) is 3.42. The van der Waals surface area contributed by atoms with Crippen LogP contribution in [0.5, 0.6) is 0 Å². The number of para-hydroxylation sites is 1. The molecular weight excluding hydrogens is 518 g/mol. The molecule has 5 nitrogen and oxygen atoms in total. The van der Waals surface area contributed by atoms with Gasteiger partial charge in [0.05, 0.1) is 16.9 Å². The smallest absolute Gasteiger partial charge is 0.325 e. The van der Waals surface area contributed by atoms with Gasteiger partial charge in [-0.25, -0.2) is 0 Å². The minimum Gasteiger partial charge on any atom is -0.325 e. The van der Waals surface area contributed by atoms with Gasteiger partial charge in [-0.1, -0.05) is 59.8 Å². The molecule has 4 rings (SSSR count). The van der Waals surface area contributed by atoms with Crippen molar-refractivity contribution >= 4 is 23.4 Å². The van der Waals surface area contributed by atoms with Crippen molar-refractivity contribution in [2.24, 2.45) is 0 Å². The van der Waals surface area contributed by atoms with Gasteiger partial charge in [0.15, 0.2) is 11.0 Å². The summed E-state index contributed by atoms with van der Waals surface area (Å²) in [5.41, 5.74) is -1.13. The van der Waals surface area contributed by atoms with Gasteiger partial charge < -0.3 is 5.32 Å². The van der Waals surface area contributed by atoms with Gasteiger partial charge >= 0.3 is 12.4 Å². The number of carbonyl (C=O) groups is 1. The first-order chi connectivity index (χ1) is 17.4. The molecule has 0 saturated heterocycles. The molecule has 1 amide bonds. The highest BCUT2D eigenvalue weighted by Gasteiger charge is 2.37. The van der Waals surface area contributed by atoms with E-state index >= 15 is 0 Å². The van der Waals surface area contributed by atoms with Crippen LogP contribution < -0.4 is 5.32 Å². The number of nitrogens with one attached hydrogen (secondary N) is 1. The summed E-state index contributed by atoms with van der Waals surface area (Å²) in [6, 6.07) is 17.5. The van der Waals surface area contributed by atoms with Crippen LogP contribution >= 0.6 is 11.8 Å². The van der Waals surface area contributed by atoms with Crippen LogP contribution in [0.3, 0.4) is 0 Å². The Kier molecular flexibility index (Phi) is 7.30. The van der Waals surface area contributed by atoms with E-state index in [9.17, 15) is 31.1 Å². The van der Waals surface area contributed by atoms with Crippen LogP contribution in [0.25, 0.3) is 17.1 Å². The third kappa shape index (κ3) is 6.31. The summed E-state index contributed by atoms with van der Waals surface area (Å²) >= 11 is 0.940. The fraction of sp³-hybridized carbons (Fsp3) is 0.160. The van der Waals surface area contributed by atoms with E-state index in [0.717, 1.165) is 22.9 Å². The second-order valence-electron chi connectivity index (χ2n) is 7.97. The molecule has 0 radical (unpaired) electrons. The van der Waals surface area contributed by atoms with Crippen LogP contribution in [0.15, 0.2) is 78.0 Å². The van der Waals surface area contributed by atoms with Crippen LogP contribution in [-0.4, -0.2) is 26.4 Å². The highest BCUT2D eigenvalue weighted by Crippen LogP contribution is 2.37. The number of nitrogens with zero attached hydrogens (tertiary/aromatic N) is 3. The van der Waals surface area contributed by atoms with E-state index in [0.29, 0.717) is 28.8 Å². The van der Waals surface area contributed by atoms with Crippen molar-refractivity contribution < 1.29 is 31.1 Å². The number of anilines is 1. The number of hydrogen-bond donors (Lipinski definition) is 1. The van der Waals surface area contributed by atoms with E-state index in [2.05, 4.69) is 15.5 Å². The zero-order valence-corrected chi connectivity index (χ0v) is 19.9. The third-order valence-corrected chi connectivity index (χ3v) is 6.09. The summed E-state index contributed by atoms with van der Waals surface area (Å²) in [6.45, 7) is 1.94. The Bertz CT molecular complexity index is 1370. The Morgan fingerprint density at radius 1 is 0.865 bits per heavy atom. The monoisotopic (exact) mass is 536 g/mol. The molecule has 0 atom stereocenters.